The number of sulfonamides is 1. The Morgan fingerprint density at radius 2 is 1.71 bits per heavy atom. The zero-order valence-electron chi connectivity index (χ0n) is 25.2. The van der Waals surface area contributed by atoms with Crippen molar-refractivity contribution in [2.45, 2.75) is 57.6 Å². The first-order valence-corrected chi connectivity index (χ1v) is 16.3. The van der Waals surface area contributed by atoms with Crippen LogP contribution in [0.25, 0.3) is 0 Å². The van der Waals surface area contributed by atoms with Gasteiger partial charge in [-0.1, -0.05) is 53.9 Å². The molecular weight excluding hydrogens is 667 g/mol. The summed E-state index contributed by atoms with van der Waals surface area (Å²) in [5.41, 5.74) is 0.269. The first-order chi connectivity index (χ1) is 21.1. The molecule has 0 saturated carbocycles. The Morgan fingerprint density at radius 1 is 1.02 bits per heavy atom. The largest absolute Gasteiger partial charge is 0.495 e. The van der Waals surface area contributed by atoms with Crippen LogP contribution in [0.2, 0.25) is 15.1 Å². The molecule has 0 aliphatic heterocycles. The maximum atomic E-state index is 14.2. The topological polar surface area (TPSA) is 139 Å². The van der Waals surface area contributed by atoms with Gasteiger partial charge in [-0.25, -0.2) is 8.42 Å². The molecule has 0 radical (unpaired) electrons. The number of anilines is 1. The lowest BCUT2D eigenvalue weighted by Gasteiger charge is -2.33. The van der Waals surface area contributed by atoms with Crippen LogP contribution in [0.15, 0.2) is 59.5 Å². The average Bonchev–Trinajstić information content (AvgIpc) is 2.99. The lowest BCUT2D eigenvalue weighted by molar-refractivity contribution is -0.385. The van der Waals surface area contributed by atoms with Gasteiger partial charge in [-0.3, -0.25) is 24.0 Å². The summed E-state index contributed by atoms with van der Waals surface area (Å²) in [6.07, 6.45) is 0.641. The third-order valence-electron chi connectivity index (χ3n) is 7.16. The standard InChI is InChI=1S/C30H33Cl3N4O7S/c1-6-19(3)34-30(39)20(4)35(16-21-8-11-24(32)25(33)13-21)29(38)17-36(27-14-22(31)9-12-28(27)44-5)45(42,43)23-10-7-18(2)26(15-23)37(40)41/h7-15,19-20H,6,16-17H2,1-5H3,(H,34,39)/t19-,20+/m1/s1. The number of halogens is 3. The van der Waals surface area contributed by atoms with E-state index in [4.69, 9.17) is 39.5 Å². The molecule has 0 fully saturated rings. The Hall–Kier alpha value is -3.58. The number of nitrogens with one attached hydrogen (secondary N) is 1. The lowest BCUT2D eigenvalue weighted by atomic mass is 10.1. The number of carbonyl (C=O) groups excluding carboxylic acids is 2. The average molecular weight is 700 g/mol. The van der Waals surface area contributed by atoms with Crippen LogP contribution >= 0.6 is 34.8 Å². The number of nitrogens with zero attached hydrogens (tertiary/aromatic N) is 3. The Labute approximate surface area is 277 Å². The van der Waals surface area contributed by atoms with E-state index in [1.807, 2.05) is 13.8 Å². The number of hydrogen-bond donors (Lipinski definition) is 1. The van der Waals surface area contributed by atoms with Crippen molar-refractivity contribution in [1.29, 1.82) is 0 Å². The van der Waals surface area contributed by atoms with Gasteiger partial charge in [0.05, 0.1) is 32.7 Å². The Bertz CT molecular complexity index is 1700. The second kappa shape index (κ2) is 15.1. The van der Waals surface area contributed by atoms with E-state index in [1.165, 1.54) is 56.2 Å². The van der Waals surface area contributed by atoms with Crippen molar-refractivity contribution in [2.24, 2.45) is 0 Å². The molecule has 0 aromatic heterocycles. The Morgan fingerprint density at radius 3 is 2.31 bits per heavy atom. The maximum absolute atomic E-state index is 14.2. The summed E-state index contributed by atoms with van der Waals surface area (Å²) in [6, 6.07) is 11.1. The number of amides is 2. The second-order valence-electron chi connectivity index (χ2n) is 10.3. The van der Waals surface area contributed by atoms with Crippen LogP contribution in [-0.4, -0.2) is 55.8 Å². The molecule has 0 aliphatic carbocycles. The van der Waals surface area contributed by atoms with E-state index in [2.05, 4.69) is 5.32 Å². The first kappa shape index (κ1) is 35.9. The normalized spacial score (nSPS) is 12.6. The molecule has 0 spiro atoms. The molecule has 15 heteroatoms. The Kier molecular flexibility index (Phi) is 12.1. The number of methoxy groups -OCH3 is 1. The van der Waals surface area contributed by atoms with Gasteiger partial charge in [0, 0.05) is 29.2 Å². The van der Waals surface area contributed by atoms with Gasteiger partial charge in [0.25, 0.3) is 15.7 Å². The van der Waals surface area contributed by atoms with Crippen LogP contribution in [0.4, 0.5) is 11.4 Å². The van der Waals surface area contributed by atoms with Crippen LogP contribution in [-0.2, 0) is 26.2 Å². The van der Waals surface area contributed by atoms with Crippen molar-refractivity contribution < 1.29 is 27.7 Å². The van der Waals surface area contributed by atoms with Crippen LogP contribution in [0.1, 0.15) is 38.3 Å². The van der Waals surface area contributed by atoms with Gasteiger partial charge in [-0.2, -0.15) is 0 Å². The smallest absolute Gasteiger partial charge is 0.273 e. The molecule has 2 amide bonds. The fourth-order valence-corrected chi connectivity index (χ4v) is 6.25. The van der Waals surface area contributed by atoms with E-state index < -0.39 is 49.9 Å². The fraction of sp³-hybridized carbons (Fsp3) is 0.333. The monoisotopic (exact) mass is 698 g/mol. The van der Waals surface area contributed by atoms with E-state index in [0.29, 0.717) is 17.0 Å². The van der Waals surface area contributed by atoms with Crippen LogP contribution < -0.4 is 14.4 Å². The fourth-order valence-electron chi connectivity index (χ4n) is 4.33. The highest BCUT2D eigenvalue weighted by Gasteiger charge is 2.35. The number of nitro benzene ring substituents is 1. The zero-order chi connectivity index (χ0) is 33.6. The van der Waals surface area contributed by atoms with E-state index in [0.717, 1.165) is 10.4 Å². The highest BCUT2D eigenvalue weighted by atomic mass is 35.5. The summed E-state index contributed by atoms with van der Waals surface area (Å²) < 4.78 is 34.6. The molecule has 0 unspecified atom stereocenters. The highest BCUT2D eigenvalue weighted by Crippen LogP contribution is 2.36. The number of carbonyl (C=O) groups is 2. The zero-order valence-corrected chi connectivity index (χ0v) is 28.3. The van der Waals surface area contributed by atoms with E-state index >= 15 is 0 Å². The van der Waals surface area contributed by atoms with Gasteiger partial charge >= 0.3 is 0 Å². The number of hydrogen-bond acceptors (Lipinski definition) is 7. The molecule has 11 nitrogen and oxygen atoms in total. The van der Waals surface area contributed by atoms with Crippen LogP contribution in [0, 0.1) is 17.0 Å². The molecule has 0 bridgehead atoms. The SMILES string of the molecule is CC[C@@H](C)NC(=O)[C@H](C)N(Cc1ccc(Cl)c(Cl)c1)C(=O)CN(c1cc(Cl)ccc1OC)S(=O)(=O)c1ccc(C)c([N+](=O)[O-])c1. The van der Waals surface area contributed by atoms with E-state index in [1.54, 1.807) is 18.2 Å². The molecule has 0 saturated heterocycles. The third kappa shape index (κ3) is 8.57. The van der Waals surface area contributed by atoms with Gasteiger partial charge in [-0.15, -0.1) is 0 Å². The molecule has 3 rings (SSSR count). The van der Waals surface area contributed by atoms with E-state index in [-0.39, 0.29) is 39.6 Å². The molecular formula is C30H33Cl3N4O7S. The van der Waals surface area contributed by atoms with Gasteiger partial charge in [0.2, 0.25) is 11.8 Å². The predicted octanol–water partition coefficient (Wildman–Crippen LogP) is 6.40. The third-order valence-corrected chi connectivity index (χ3v) is 9.89. The molecule has 242 valence electrons. The first-order valence-electron chi connectivity index (χ1n) is 13.8. The van der Waals surface area contributed by atoms with Crippen molar-refractivity contribution in [1.82, 2.24) is 10.2 Å². The van der Waals surface area contributed by atoms with Crippen molar-refractivity contribution >= 4 is 68.0 Å². The molecule has 0 aliphatic rings. The van der Waals surface area contributed by atoms with Crippen LogP contribution in [0.3, 0.4) is 0 Å². The molecule has 45 heavy (non-hydrogen) atoms. The number of rotatable bonds is 13. The van der Waals surface area contributed by atoms with Gasteiger partial charge in [-0.05, 0) is 69.2 Å². The summed E-state index contributed by atoms with van der Waals surface area (Å²) >= 11 is 18.5. The molecule has 3 aromatic carbocycles. The van der Waals surface area contributed by atoms with E-state index in [9.17, 15) is 28.1 Å². The molecule has 0 heterocycles. The highest BCUT2D eigenvalue weighted by molar-refractivity contribution is 7.92. The number of benzene rings is 3. The predicted molar refractivity (Wildman–Crippen MR) is 175 cm³/mol. The van der Waals surface area contributed by atoms with Gasteiger partial charge in [0.1, 0.15) is 18.3 Å². The van der Waals surface area contributed by atoms with Crippen molar-refractivity contribution in [3.05, 3.63) is 90.9 Å². The summed E-state index contributed by atoms with van der Waals surface area (Å²) in [5, 5.41) is 15.2. The van der Waals surface area contributed by atoms with Crippen molar-refractivity contribution in [3.63, 3.8) is 0 Å². The summed E-state index contributed by atoms with van der Waals surface area (Å²) in [4.78, 5) is 39.1. The summed E-state index contributed by atoms with van der Waals surface area (Å²) in [7, 11) is -3.34. The summed E-state index contributed by atoms with van der Waals surface area (Å²) in [5.74, 6) is -1.15. The number of ether oxygens (including phenoxy) is 1. The Balaban J connectivity index is 2.17. The van der Waals surface area contributed by atoms with Crippen molar-refractivity contribution in [2.75, 3.05) is 18.0 Å². The van der Waals surface area contributed by atoms with Gasteiger partial charge < -0.3 is 15.0 Å². The minimum absolute atomic E-state index is 0.0657. The van der Waals surface area contributed by atoms with Crippen molar-refractivity contribution in [3.8, 4) is 5.75 Å². The van der Waals surface area contributed by atoms with Crippen LogP contribution in [0.5, 0.6) is 5.75 Å². The number of nitro groups is 1. The minimum atomic E-state index is -4.66. The minimum Gasteiger partial charge on any atom is -0.495 e. The second-order valence-corrected chi connectivity index (χ2v) is 13.4. The summed E-state index contributed by atoms with van der Waals surface area (Å²) in [6.45, 7) is 5.77. The quantitative estimate of drug-likeness (QED) is 0.161. The van der Waals surface area contributed by atoms with Gasteiger partial charge in [0.15, 0.2) is 0 Å². The molecule has 3 aromatic rings. The number of aryl methyl sites for hydroxylation is 1. The lowest BCUT2D eigenvalue weighted by Crippen LogP contribution is -2.52. The maximum Gasteiger partial charge on any atom is 0.273 e. The molecule has 1 N–H and O–H groups in total. The molecule has 2 atom stereocenters.